The average molecular weight is 504 g/mol. The van der Waals surface area contributed by atoms with E-state index in [4.69, 9.17) is 5.10 Å². The number of fused-ring (bicyclic) bond motifs is 2. The molecule has 1 aliphatic rings. The van der Waals surface area contributed by atoms with Gasteiger partial charge in [0.1, 0.15) is 5.69 Å². The van der Waals surface area contributed by atoms with E-state index in [9.17, 15) is 9.59 Å². The summed E-state index contributed by atoms with van der Waals surface area (Å²) in [5, 5.41) is 10.2. The molecule has 1 unspecified atom stereocenters. The number of nitrogens with one attached hydrogen (secondary N) is 2. The minimum Gasteiger partial charge on any atom is -0.357 e. The second kappa shape index (κ2) is 9.67. The molecule has 190 valence electrons. The second-order valence-electron chi connectivity index (χ2n) is 10.0. The third-order valence-corrected chi connectivity index (χ3v) is 7.21. The maximum atomic E-state index is 13.6. The highest BCUT2D eigenvalue weighted by Crippen LogP contribution is 2.33. The standard InChI is InChI=1S/C31H29N5O2/c1-20-8-5-12-24(16-20)33-30(37)28-26-19-35(31(38)27-14-7-15-32-27)17-21(2)29(26)36(34-28)18-23-11-6-10-22-9-3-4-13-25(22)23/h3-16,21,32H,17-19H2,1-2H3,(H,33,37). The fourth-order valence-electron chi connectivity index (χ4n) is 5.49. The van der Waals surface area contributed by atoms with Crippen molar-refractivity contribution in [1.29, 1.82) is 0 Å². The Kier molecular flexibility index (Phi) is 6.04. The van der Waals surface area contributed by atoms with Crippen LogP contribution in [-0.2, 0) is 13.1 Å². The van der Waals surface area contributed by atoms with Gasteiger partial charge in [-0.1, -0.05) is 61.5 Å². The second-order valence-corrected chi connectivity index (χ2v) is 10.0. The number of aromatic amines is 1. The van der Waals surface area contributed by atoms with Crippen LogP contribution in [0.4, 0.5) is 5.69 Å². The number of hydrogen-bond acceptors (Lipinski definition) is 3. The summed E-state index contributed by atoms with van der Waals surface area (Å²) < 4.78 is 1.96. The Balaban J connectivity index is 1.41. The third-order valence-electron chi connectivity index (χ3n) is 7.21. The van der Waals surface area contributed by atoms with E-state index in [2.05, 4.69) is 47.6 Å². The Morgan fingerprint density at radius 2 is 1.84 bits per heavy atom. The van der Waals surface area contributed by atoms with Crippen molar-refractivity contribution in [2.24, 2.45) is 0 Å². The van der Waals surface area contributed by atoms with E-state index in [1.165, 1.54) is 5.39 Å². The lowest BCUT2D eigenvalue weighted by molar-refractivity contribution is 0.0711. The number of aromatic nitrogens is 3. The number of carbonyl (C=O) groups is 2. The molecule has 2 aromatic heterocycles. The SMILES string of the molecule is Cc1cccc(NC(=O)c2nn(Cc3cccc4ccccc34)c3c2CN(C(=O)c2ccc[nH]2)CC3C)c1. The van der Waals surface area contributed by atoms with Crippen LogP contribution < -0.4 is 5.32 Å². The molecule has 1 aliphatic heterocycles. The van der Waals surface area contributed by atoms with Crippen molar-refractivity contribution in [2.45, 2.75) is 32.9 Å². The largest absolute Gasteiger partial charge is 0.357 e. The Bertz CT molecular complexity index is 1650. The smallest absolute Gasteiger partial charge is 0.276 e. The normalized spacial score (nSPS) is 14.9. The number of aryl methyl sites for hydroxylation is 1. The molecular formula is C31H29N5O2. The molecule has 7 heteroatoms. The number of rotatable bonds is 5. The fraction of sp³-hybridized carbons (Fsp3) is 0.194. The van der Waals surface area contributed by atoms with E-state index in [1.807, 2.05) is 54.1 Å². The fourth-order valence-corrected chi connectivity index (χ4v) is 5.49. The first kappa shape index (κ1) is 23.7. The van der Waals surface area contributed by atoms with Crippen LogP contribution in [0, 0.1) is 6.92 Å². The van der Waals surface area contributed by atoms with Gasteiger partial charge in [-0.2, -0.15) is 5.10 Å². The summed E-state index contributed by atoms with van der Waals surface area (Å²) >= 11 is 0. The molecule has 5 aromatic rings. The maximum absolute atomic E-state index is 13.6. The van der Waals surface area contributed by atoms with Gasteiger partial charge in [-0.3, -0.25) is 14.3 Å². The van der Waals surface area contributed by atoms with Crippen LogP contribution in [0.2, 0.25) is 0 Å². The van der Waals surface area contributed by atoms with Gasteiger partial charge in [-0.25, -0.2) is 0 Å². The minimum atomic E-state index is -0.273. The topological polar surface area (TPSA) is 83.0 Å². The Morgan fingerprint density at radius 3 is 2.66 bits per heavy atom. The summed E-state index contributed by atoms with van der Waals surface area (Å²) in [6.07, 6.45) is 1.75. The number of H-pyrrole nitrogens is 1. The Labute approximate surface area is 221 Å². The Morgan fingerprint density at radius 1 is 1.03 bits per heavy atom. The number of anilines is 1. The molecule has 0 aliphatic carbocycles. The van der Waals surface area contributed by atoms with Crippen molar-refractivity contribution in [3.63, 3.8) is 0 Å². The van der Waals surface area contributed by atoms with E-state index in [1.54, 1.807) is 17.2 Å². The van der Waals surface area contributed by atoms with Crippen molar-refractivity contribution in [3.05, 3.63) is 119 Å². The molecule has 0 spiro atoms. The molecule has 0 saturated heterocycles. The third kappa shape index (κ3) is 4.36. The van der Waals surface area contributed by atoms with Crippen LogP contribution >= 0.6 is 0 Å². The molecule has 1 atom stereocenters. The quantitative estimate of drug-likeness (QED) is 0.321. The molecule has 0 bridgehead atoms. The summed E-state index contributed by atoms with van der Waals surface area (Å²) in [6.45, 7) is 5.49. The van der Waals surface area contributed by atoms with E-state index >= 15 is 0 Å². The number of benzene rings is 3. The first-order valence-corrected chi connectivity index (χ1v) is 12.8. The summed E-state index contributed by atoms with van der Waals surface area (Å²) in [7, 11) is 0. The maximum Gasteiger partial charge on any atom is 0.276 e. The molecule has 2 N–H and O–H groups in total. The minimum absolute atomic E-state index is 0.000610. The van der Waals surface area contributed by atoms with Gasteiger partial charge < -0.3 is 15.2 Å². The molecule has 6 rings (SSSR count). The summed E-state index contributed by atoms with van der Waals surface area (Å²) in [6, 6.07) is 25.9. The van der Waals surface area contributed by atoms with Crippen molar-refractivity contribution >= 4 is 28.3 Å². The molecule has 2 amide bonds. The van der Waals surface area contributed by atoms with Gasteiger partial charge in [0.25, 0.3) is 11.8 Å². The average Bonchev–Trinajstić information content (AvgIpc) is 3.58. The van der Waals surface area contributed by atoms with Gasteiger partial charge in [-0.05, 0) is 53.1 Å². The van der Waals surface area contributed by atoms with Gasteiger partial charge in [0.05, 0.1) is 13.1 Å². The van der Waals surface area contributed by atoms with Crippen LogP contribution in [0.1, 0.15) is 56.2 Å². The summed E-state index contributed by atoms with van der Waals surface area (Å²) in [4.78, 5) is 31.6. The molecule has 38 heavy (non-hydrogen) atoms. The lowest BCUT2D eigenvalue weighted by atomic mass is 9.95. The summed E-state index contributed by atoms with van der Waals surface area (Å²) in [5.74, 6) is -0.357. The van der Waals surface area contributed by atoms with E-state index < -0.39 is 0 Å². The zero-order chi connectivity index (χ0) is 26.2. The molecule has 0 saturated carbocycles. The van der Waals surface area contributed by atoms with E-state index in [0.29, 0.717) is 31.0 Å². The van der Waals surface area contributed by atoms with Crippen LogP contribution in [0.25, 0.3) is 10.8 Å². The molecular weight excluding hydrogens is 474 g/mol. The molecule has 0 fully saturated rings. The highest BCUT2D eigenvalue weighted by Gasteiger charge is 2.34. The molecule has 0 radical (unpaired) electrons. The van der Waals surface area contributed by atoms with Crippen molar-refractivity contribution in [2.75, 3.05) is 11.9 Å². The van der Waals surface area contributed by atoms with Crippen molar-refractivity contribution < 1.29 is 9.59 Å². The van der Waals surface area contributed by atoms with E-state index in [0.717, 1.165) is 33.5 Å². The highest BCUT2D eigenvalue weighted by molar-refractivity contribution is 6.04. The predicted octanol–water partition coefficient (Wildman–Crippen LogP) is 5.73. The first-order chi connectivity index (χ1) is 18.5. The zero-order valence-electron chi connectivity index (χ0n) is 21.4. The lowest BCUT2D eigenvalue weighted by Crippen LogP contribution is -2.38. The number of carbonyl (C=O) groups excluding carboxylic acids is 2. The number of nitrogens with zero attached hydrogens (tertiary/aromatic N) is 3. The number of hydrogen-bond donors (Lipinski definition) is 2. The van der Waals surface area contributed by atoms with Crippen LogP contribution in [-0.4, -0.2) is 38.0 Å². The van der Waals surface area contributed by atoms with Crippen molar-refractivity contribution in [3.8, 4) is 0 Å². The molecule has 7 nitrogen and oxygen atoms in total. The van der Waals surface area contributed by atoms with Crippen LogP contribution in [0.3, 0.4) is 0 Å². The monoisotopic (exact) mass is 503 g/mol. The molecule has 3 heterocycles. The van der Waals surface area contributed by atoms with Crippen LogP contribution in [0.5, 0.6) is 0 Å². The van der Waals surface area contributed by atoms with Crippen molar-refractivity contribution in [1.82, 2.24) is 19.7 Å². The molecule has 3 aromatic carbocycles. The first-order valence-electron chi connectivity index (χ1n) is 12.8. The number of amides is 2. The predicted molar refractivity (Wildman–Crippen MR) is 148 cm³/mol. The summed E-state index contributed by atoms with van der Waals surface area (Å²) in [5.41, 5.74) is 5.61. The van der Waals surface area contributed by atoms with Gasteiger partial charge in [0.15, 0.2) is 5.69 Å². The van der Waals surface area contributed by atoms with Gasteiger partial charge >= 0.3 is 0 Å². The van der Waals surface area contributed by atoms with Gasteiger partial charge in [0, 0.05) is 35.6 Å². The highest BCUT2D eigenvalue weighted by atomic mass is 16.2. The Hall–Kier alpha value is -4.65. The lowest BCUT2D eigenvalue weighted by Gasteiger charge is -2.32. The van der Waals surface area contributed by atoms with Gasteiger partial charge in [-0.15, -0.1) is 0 Å². The van der Waals surface area contributed by atoms with E-state index in [-0.39, 0.29) is 17.7 Å². The zero-order valence-corrected chi connectivity index (χ0v) is 21.4. The van der Waals surface area contributed by atoms with Crippen LogP contribution in [0.15, 0.2) is 85.1 Å². The van der Waals surface area contributed by atoms with Gasteiger partial charge in [0.2, 0.25) is 0 Å².